The fraction of sp³-hybridized carbons (Fsp3) is 0.667. The van der Waals surface area contributed by atoms with Crippen LogP contribution in [0.3, 0.4) is 0 Å². The minimum atomic E-state index is -3.65. The Hall–Kier alpha value is -1.40. The normalized spacial score (nSPS) is 25.6. The third kappa shape index (κ3) is 4.06. The molecular formula is C21H30N2O3S. The Morgan fingerprint density at radius 3 is 2.59 bits per heavy atom. The Labute approximate surface area is 162 Å². The van der Waals surface area contributed by atoms with Gasteiger partial charge in [0.05, 0.1) is 11.4 Å². The van der Waals surface area contributed by atoms with Gasteiger partial charge in [-0.05, 0) is 80.5 Å². The summed E-state index contributed by atoms with van der Waals surface area (Å²) >= 11 is 0. The van der Waals surface area contributed by atoms with E-state index in [-0.39, 0.29) is 17.3 Å². The summed E-state index contributed by atoms with van der Waals surface area (Å²) in [4.78, 5) is 15.0. The third-order valence-electron chi connectivity index (χ3n) is 6.61. The Balaban J connectivity index is 1.42. The minimum absolute atomic E-state index is 0.0758. The van der Waals surface area contributed by atoms with Crippen LogP contribution in [-0.4, -0.2) is 38.4 Å². The molecule has 6 heteroatoms. The van der Waals surface area contributed by atoms with Gasteiger partial charge in [-0.3, -0.25) is 4.79 Å². The van der Waals surface area contributed by atoms with E-state index in [1.165, 1.54) is 37.7 Å². The zero-order valence-electron chi connectivity index (χ0n) is 16.0. The van der Waals surface area contributed by atoms with Crippen molar-refractivity contribution >= 4 is 15.9 Å². The van der Waals surface area contributed by atoms with Gasteiger partial charge < -0.3 is 4.90 Å². The average Bonchev–Trinajstić information content (AvgIpc) is 2.71. The first kappa shape index (κ1) is 18.9. The van der Waals surface area contributed by atoms with E-state index in [9.17, 15) is 13.2 Å². The highest BCUT2D eigenvalue weighted by atomic mass is 32.2. The number of carbonyl (C=O) groups is 1. The summed E-state index contributed by atoms with van der Waals surface area (Å²) in [6, 6.07) is 5.71. The number of hydrogen-bond donors (Lipinski definition) is 1. The molecule has 0 aromatic heterocycles. The van der Waals surface area contributed by atoms with Crippen LogP contribution in [0.1, 0.15) is 62.5 Å². The van der Waals surface area contributed by atoms with Gasteiger partial charge in [-0.25, -0.2) is 13.1 Å². The summed E-state index contributed by atoms with van der Waals surface area (Å²) in [6.45, 7) is 0.628. The first-order valence-electron chi connectivity index (χ1n) is 10.5. The highest BCUT2D eigenvalue weighted by Crippen LogP contribution is 2.35. The lowest BCUT2D eigenvalue weighted by molar-refractivity contribution is -0.136. The SMILES string of the molecule is O=C(CNS(=O)(=O)c1ccc2c(c1)CCCC2)N1CCC[C@@H]2CCCC[C@H]21. The summed E-state index contributed by atoms with van der Waals surface area (Å²) in [7, 11) is -3.65. The molecule has 1 amide bonds. The zero-order chi connectivity index (χ0) is 18.9. The fourth-order valence-corrected chi connectivity index (χ4v) is 6.18. The first-order valence-corrected chi connectivity index (χ1v) is 11.9. The number of rotatable bonds is 4. The van der Waals surface area contributed by atoms with E-state index in [0.29, 0.717) is 12.0 Å². The molecule has 1 heterocycles. The lowest BCUT2D eigenvalue weighted by Crippen LogP contribution is -2.52. The van der Waals surface area contributed by atoms with E-state index in [2.05, 4.69) is 4.72 Å². The molecule has 1 aromatic rings. The molecule has 1 N–H and O–H groups in total. The number of sulfonamides is 1. The van der Waals surface area contributed by atoms with Crippen molar-refractivity contribution in [2.45, 2.75) is 75.1 Å². The van der Waals surface area contributed by atoms with Gasteiger partial charge in [0.25, 0.3) is 0 Å². The minimum Gasteiger partial charge on any atom is -0.338 e. The van der Waals surface area contributed by atoms with Crippen molar-refractivity contribution in [2.24, 2.45) is 5.92 Å². The summed E-state index contributed by atoms with van der Waals surface area (Å²) in [6.07, 6.45) is 11.2. The molecule has 1 saturated carbocycles. The van der Waals surface area contributed by atoms with Crippen molar-refractivity contribution < 1.29 is 13.2 Å². The van der Waals surface area contributed by atoms with E-state index < -0.39 is 10.0 Å². The Bertz CT molecular complexity index is 804. The monoisotopic (exact) mass is 390 g/mol. The van der Waals surface area contributed by atoms with Crippen molar-refractivity contribution in [1.82, 2.24) is 9.62 Å². The van der Waals surface area contributed by atoms with Gasteiger partial charge in [-0.2, -0.15) is 0 Å². The summed E-state index contributed by atoms with van der Waals surface area (Å²) in [5, 5.41) is 0. The fourth-order valence-electron chi connectivity index (χ4n) is 5.15. The number of piperidine rings is 1. The maximum Gasteiger partial charge on any atom is 0.241 e. The lowest BCUT2D eigenvalue weighted by Gasteiger charge is -2.44. The largest absolute Gasteiger partial charge is 0.338 e. The number of amides is 1. The number of nitrogens with one attached hydrogen (secondary N) is 1. The molecule has 0 spiro atoms. The maximum absolute atomic E-state index is 12.8. The van der Waals surface area contributed by atoms with Crippen LogP contribution in [-0.2, 0) is 27.7 Å². The highest BCUT2D eigenvalue weighted by molar-refractivity contribution is 7.89. The van der Waals surface area contributed by atoms with Crippen LogP contribution in [0.15, 0.2) is 23.1 Å². The molecule has 148 valence electrons. The lowest BCUT2D eigenvalue weighted by atomic mass is 9.78. The molecule has 3 aliphatic rings. The van der Waals surface area contributed by atoms with Crippen LogP contribution in [0, 0.1) is 5.92 Å². The molecule has 0 radical (unpaired) electrons. The van der Waals surface area contributed by atoms with E-state index in [1.54, 1.807) is 12.1 Å². The van der Waals surface area contributed by atoms with Crippen LogP contribution in [0.4, 0.5) is 0 Å². The molecule has 1 saturated heterocycles. The number of nitrogens with zero attached hydrogens (tertiary/aromatic N) is 1. The van der Waals surface area contributed by atoms with Crippen LogP contribution >= 0.6 is 0 Å². The maximum atomic E-state index is 12.8. The van der Waals surface area contributed by atoms with Crippen molar-refractivity contribution in [2.75, 3.05) is 13.1 Å². The predicted octanol–water partition coefficient (Wildman–Crippen LogP) is 3.02. The predicted molar refractivity (Wildman–Crippen MR) is 105 cm³/mol. The molecule has 27 heavy (non-hydrogen) atoms. The van der Waals surface area contributed by atoms with Gasteiger partial charge in [0.1, 0.15) is 0 Å². The third-order valence-corrected chi connectivity index (χ3v) is 8.01. The molecule has 2 atom stereocenters. The van der Waals surface area contributed by atoms with Gasteiger partial charge >= 0.3 is 0 Å². The Morgan fingerprint density at radius 2 is 1.74 bits per heavy atom. The van der Waals surface area contributed by atoms with Crippen LogP contribution in [0.5, 0.6) is 0 Å². The second kappa shape index (κ2) is 7.92. The van der Waals surface area contributed by atoms with E-state index in [4.69, 9.17) is 0 Å². The van der Waals surface area contributed by atoms with Crippen LogP contribution in [0.2, 0.25) is 0 Å². The molecule has 1 aliphatic heterocycles. The molecule has 0 bridgehead atoms. The van der Waals surface area contributed by atoms with Crippen molar-refractivity contribution in [3.05, 3.63) is 29.3 Å². The van der Waals surface area contributed by atoms with Gasteiger partial charge in [-0.15, -0.1) is 0 Å². The summed E-state index contributed by atoms with van der Waals surface area (Å²) in [5.41, 5.74) is 2.39. The summed E-state index contributed by atoms with van der Waals surface area (Å²) in [5.74, 6) is 0.529. The number of likely N-dealkylation sites (tertiary alicyclic amines) is 1. The van der Waals surface area contributed by atoms with E-state index in [1.807, 2.05) is 11.0 Å². The number of benzene rings is 1. The Kier molecular flexibility index (Phi) is 5.55. The van der Waals surface area contributed by atoms with Crippen molar-refractivity contribution in [1.29, 1.82) is 0 Å². The smallest absolute Gasteiger partial charge is 0.241 e. The number of aryl methyl sites for hydroxylation is 2. The highest BCUT2D eigenvalue weighted by Gasteiger charge is 2.35. The molecule has 1 aromatic carbocycles. The molecule has 0 unspecified atom stereocenters. The second-order valence-corrected chi connectivity index (χ2v) is 10.1. The zero-order valence-corrected chi connectivity index (χ0v) is 16.8. The van der Waals surface area contributed by atoms with Gasteiger partial charge in [-0.1, -0.05) is 18.9 Å². The van der Waals surface area contributed by atoms with E-state index in [0.717, 1.165) is 44.2 Å². The summed E-state index contributed by atoms with van der Waals surface area (Å²) < 4.78 is 28.0. The quantitative estimate of drug-likeness (QED) is 0.859. The van der Waals surface area contributed by atoms with Crippen LogP contribution in [0.25, 0.3) is 0 Å². The molecule has 5 nitrogen and oxygen atoms in total. The standard InChI is InChI=1S/C21H30N2O3S/c24-21(23-13-5-9-17-7-3-4-10-20(17)23)15-22-27(25,26)19-12-11-16-6-1-2-8-18(16)14-19/h11-12,14,17,20,22H,1-10,13,15H2/t17-,20+/m0/s1. The first-order chi connectivity index (χ1) is 13.0. The van der Waals surface area contributed by atoms with Crippen LogP contribution < -0.4 is 4.72 Å². The van der Waals surface area contributed by atoms with Crippen molar-refractivity contribution in [3.63, 3.8) is 0 Å². The molecule has 4 rings (SSSR count). The molecular weight excluding hydrogens is 360 g/mol. The number of carbonyl (C=O) groups excluding carboxylic acids is 1. The van der Waals surface area contributed by atoms with Crippen molar-refractivity contribution in [3.8, 4) is 0 Å². The number of fused-ring (bicyclic) bond motifs is 2. The number of hydrogen-bond acceptors (Lipinski definition) is 3. The van der Waals surface area contributed by atoms with Gasteiger partial charge in [0.15, 0.2) is 0 Å². The molecule has 2 fully saturated rings. The average molecular weight is 391 g/mol. The van der Waals surface area contributed by atoms with Gasteiger partial charge in [0, 0.05) is 12.6 Å². The topological polar surface area (TPSA) is 66.5 Å². The second-order valence-electron chi connectivity index (χ2n) is 8.30. The molecule has 2 aliphatic carbocycles. The Morgan fingerprint density at radius 1 is 1.00 bits per heavy atom. The van der Waals surface area contributed by atoms with Gasteiger partial charge in [0.2, 0.25) is 15.9 Å². The van der Waals surface area contributed by atoms with E-state index >= 15 is 0 Å².